The molecule has 0 amide bonds. The maximum atomic E-state index is 16.6. The Morgan fingerprint density at radius 2 is 2.03 bits per heavy atom. The summed E-state index contributed by atoms with van der Waals surface area (Å²) in [5, 5.41) is 15.3. The molecule has 1 N–H and O–H groups in total. The molecule has 4 aromatic rings. The summed E-state index contributed by atoms with van der Waals surface area (Å²) in [6.07, 6.45) is 1.94. The van der Waals surface area contributed by atoms with Crippen LogP contribution in [-0.4, -0.2) is 16.6 Å². The Kier molecular flexibility index (Phi) is 5.99. The molecule has 2 aliphatic rings. The number of aromatic nitrogens is 2. The minimum Gasteiger partial charge on any atom is -0.339 e. The Morgan fingerprint density at radius 3 is 2.70 bits per heavy atom. The van der Waals surface area contributed by atoms with Gasteiger partial charge in [-0.2, -0.15) is 5.26 Å². The molecule has 37 heavy (non-hydrogen) atoms. The zero-order valence-electron chi connectivity index (χ0n) is 21.4. The maximum absolute atomic E-state index is 16.6. The molecule has 0 aliphatic heterocycles. The number of pyridine rings is 1. The summed E-state index contributed by atoms with van der Waals surface area (Å²) in [7, 11) is 1.97. The van der Waals surface area contributed by atoms with Crippen molar-refractivity contribution in [3.63, 3.8) is 0 Å². The zero-order valence-corrected chi connectivity index (χ0v) is 22.9. The molecule has 0 radical (unpaired) electrons. The van der Waals surface area contributed by atoms with Gasteiger partial charge in [0.05, 0.1) is 21.6 Å². The number of fused-ring (bicyclic) bond motifs is 4. The van der Waals surface area contributed by atoms with E-state index in [4.69, 9.17) is 28.2 Å². The zero-order chi connectivity index (χ0) is 26.2. The van der Waals surface area contributed by atoms with Crippen molar-refractivity contribution in [2.45, 2.75) is 52.1 Å². The average molecular weight is 535 g/mol. The minimum atomic E-state index is -0.415. The van der Waals surface area contributed by atoms with E-state index >= 15 is 4.39 Å². The van der Waals surface area contributed by atoms with E-state index in [0.29, 0.717) is 51.0 Å². The van der Waals surface area contributed by atoms with Crippen LogP contribution in [0.2, 0.25) is 10.0 Å². The van der Waals surface area contributed by atoms with Crippen LogP contribution >= 0.6 is 23.2 Å². The van der Waals surface area contributed by atoms with E-state index in [-0.39, 0.29) is 12.5 Å². The first-order chi connectivity index (χ1) is 17.8. The van der Waals surface area contributed by atoms with E-state index in [1.54, 1.807) is 18.2 Å². The normalized spacial score (nSPS) is 23.1. The largest absolute Gasteiger partial charge is 0.339 e. The van der Waals surface area contributed by atoms with E-state index in [0.717, 1.165) is 33.5 Å². The standard InChI is InChI=1S/C30H29Cl2FN4/c1-14-19-12-21(19)29(14)37-24(16(3)35-4)13-20-15(2)36-28-22(30(20)37)11-17(7-6-10-34)25(27(28)33)18-8-5-9-23(31)26(18)32/h5,8-9,11,13-14,16,19,21,29,35H,6-7,12H2,1-4H3/t14-,16+,19?,21-,29+/m0/s1. The van der Waals surface area contributed by atoms with Crippen molar-refractivity contribution in [2.75, 3.05) is 7.05 Å². The van der Waals surface area contributed by atoms with Crippen molar-refractivity contribution in [3.05, 3.63) is 63.1 Å². The van der Waals surface area contributed by atoms with Crippen LogP contribution in [0.3, 0.4) is 0 Å². The fourth-order valence-electron chi connectivity index (χ4n) is 6.64. The van der Waals surface area contributed by atoms with Gasteiger partial charge < -0.3 is 9.88 Å². The molecular formula is C30H29Cl2FN4. The Bertz CT molecular complexity index is 1620. The van der Waals surface area contributed by atoms with E-state index in [1.807, 2.05) is 20.0 Å². The van der Waals surface area contributed by atoms with Gasteiger partial charge in [-0.15, -0.1) is 0 Å². The van der Waals surface area contributed by atoms with Crippen molar-refractivity contribution in [1.82, 2.24) is 14.9 Å². The number of hydrogen-bond acceptors (Lipinski definition) is 3. The molecule has 0 spiro atoms. The summed E-state index contributed by atoms with van der Waals surface area (Å²) in [5.41, 5.74) is 5.03. The monoisotopic (exact) mass is 534 g/mol. The van der Waals surface area contributed by atoms with Crippen LogP contribution < -0.4 is 5.32 Å². The summed E-state index contributed by atoms with van der Waals surface area (Å²) in [6.45, 7) is 6.47. The molecule has 1 unspecified atom stereocenters. The summed E-state index contributed by atoms with van der Waals surface area (Å²) in [4.78, 5) is 4.80. The van der Waals surface area contributed by atoms with Crippen molar-refractivity contribution in [1.29, 1.82) is 5.26 Å². The van der Waals surface area contributed by atoms with Crippen molar-refractivity contribution in [3.8, 4) is 17.2 Å². The Labute approximate surface area is 226 Å². The fraction of sp³-hybridized carbons (Fsp3) is 0.400. The number of nitriles is 1. The van der Waals surface area contributed by atoms with Gasteiger partial charge in [0.15, 0.2) is 5.82 Å². The number of benzene rings is 2. The predicted molar refractivity (Wildman–Crippen MR) is 149 cm³/mol. The lowest BCUT2D eigenvalue weighted by atomic mass is 9.80. The average Bonchev–Trinajstić information content (AvgIpc) is 3.49. The van der Waals surface area contributed by atoms with Gasteiger partial charge in [0.1, 0.15) is 5.52 Å². The highest BCUT2D eigenvalue weighted by Gasteiger charge is 2.60. The second-order valence-corrected chi connectivity index (χ2v) is 11.5. The molecule has 0 bridgehead atoms. The molecule has 6 rings (SSSR count). The Hall–Kier alpha value is -2.65. The molecular weight excluding hydrogens is 506 g/mol. The molecule has 190 valence electrons. The molecule has 2 fully saturated rings. The summed E-state index contributed by atoms with van der Waals surface area (Å²) in [5.74, 6) is 1.65. The van der Waals surface area contributed by atoms with Crippen LogP contribution in [0.5, 0.6) is 0 Å². The molecule has 7 heteroatoms. The van der Waals surface area contributed by atoms with E-state index < -0.39 is 5.82 Å². The maximum Gasteiger partial charge on any atom is 0.157 e. The van der Waals surface area contributed by atoms with Crippen molar-refractivity contribution in [2.24, 2.45) is 17.8 Å². The molecule has 2 aromatic carbocycles. The topological polar surface area (TPSA) is 53.6 Å². The number of nitrogens with zero attached hydrogens (tertiary/aromatic N) is 3. The summed E-state index contributed by atoms with van der Waals surface area (Å²) in [6, 6.07) is 12.3. The van der Waals surface area contributed by atoms with E-state index in [1.165, 1.54) is 12.1 Å². The first-order valence-corrected chi connectivity index (χ1v) is 13.7. The van der Waals surface area contributed by atoms with Crippen LogP contribution in [0.1, 0.15) is 55.7 Å². The van der Waals surface area contributed by atoms with Gasteiger partial charge in [-0.25, -0.2) is 9.37 Å². The lowest BCUT2D eigenvalue weighted by Crippen LogP contribution is -2.32. The van der Waals surface area contributed by atoms with E-state index in [2.05, 4.69) is 35.9 Å². The first kappa shape index (κ1) is 24.7. The van der Waals surface area contributed by atoms with Crippen LogP contribution in [0, 0.1) is 41.8 Å². The highest BCUT2D eigenvalue weighted by Crippen LogP contribution is 2.67. The van der Waals surface area contributed by atoms with Crippen LogP contribution in [-0.2, 0) is 6.42 Å². The van der Waals surface area contributed by atoms with Crippen LogP contribution in [0.15, 0.2) is 30.3 Å². The fourth-order valence-corrected chi connectivity index (χ4v) is 7.04. The third kappa shape index (κ3) is 3.61. The highest BCUT2D eigenvalue weighted by molar-refractivity contribution is 6.43. The molecule has 2 aliphatic carbocycles. The number of nitrogens with one attached hydrogen (secondary N) is 1. The quantitative estimate of drug-likeness (QED) is 0.271. The van der Waals surface area contributed by atoms with Gasteiger partial charge in [-0.1, -0.05) is 42.3 Å². The Balaban J connectivity index is 1.72. The van der Waals surface area contributed by atoms with Gasteiger partial charge >= 0.3 is 0 Å². The molecule has 0 saturated heterocycles. The molecule has 4 nitrogen and oxygen atoms in total. The van der Waals surface area contributed by atoms with Gasteiger partial charge in [-0.3, -0.25) is 0 Å². The van der Waals surface area contributed by atoms with Crippen LogP contribution in [0.4, 0.5) is 4.39 Å². The highest BCUT2D eigenvalue weighted by atomic mass is 35.5. The van der Waals surface area contributed by atoms with E-state index in [9.17, 15) is 5.26 Å². The van der Waals surface area contributed by atoms with Gasteiger partial charge in [0.2, 0.25) is 0 Å². The summed E-state index contributed by atoms with van der Waals surface area (Å²) < 4.78 is 19.1. The predicted octanol–water partition coefficient (Wildman–Crippen LogP) is 8.17. The first-order valence-electron chi connectivity index (χ1n) is 12.9. The van der Waals surface area contributed by atoms with Gasteiger partial charge in [0, 0.05) is 51.8 Å². The molecule has 2 heterocycles. The molecule has 2 saturated carbocycles. The smallest absolute Gasteiger partial charge is 0.157 e. The van der Waals surface area contributed by atoms with Crippen molar-refractivity contribution < 1.29 is 4.39 Å². The van der Waals surface area contributed by atoms with Gasteiger partial charge in [-0.05, 0) is 75.3 Å². The van der Waals surface area contributed by atoms with Crippen molar-refractivity contribution >= 4 is 45.0 Å². The third-order valence-electron chi connectivity index (χ3n) is 8.76. The Morgan fingerprint density at radius 1 is 1.24 bits per heavy atom. The third-order valence-corrected chi connectivity index (χ3v) is 9.58. The van der Waals surface area contributed by atoms with Gasteiger partial charge in [0.25, 0.3) is 0 Å². The second-order valence-electron chi connectivity index (χ2n) is 10.7. The second kappa shape index (κ2) is 8.98. The SMILES string of the molecule is CN[C@H](C)c1cc2c(C)nc3c(F)c(-c4cccc(Cl)c4Cl)c(CCC#N)cc3c2n1[C@@H]1[C@@H](C)C2C[C@@H]21. The minimum absolute atomic E-state index is 0.138. The van der Waals surface area contributed by atoms with Crippen LogP contribution in [0.25, 0.3) is 32.9 Å². The lowest BCUT2D eigenvalue weighted by Gasteiger charge is -2.37. The number of rotatable bonds is 6. The molecule has 5 atom stereocenters. The number of aryl methyl sites for hydroxylation is 2. The number of halogens is 3. The molecule has 2 aromatic heterocycles. The summed E-state index contributed by atoms with van der Waals surface area (Å²) >= 11 is 12.9. The lowest BCUT2D eigenvalue weighted by molar-refractivity contribution is 0.179. The number of hydrogen-bond donors (Lipinski definition) is 1.